The van der Waals surface area contributed by atoms with Crippen molar-refractivity contribution in [2.45, 2.75) is 77.0 Å². The van der Waals surface area contributed by atoms with Gasteiger partial charge >= 0.3 is 0 Å². The van der Waals surface area contributed by atoms with Crippen molar-refractivity contribution in [3.05, 3.63) is 40.9 Å². The van der Waals surface area contributed by atoms with E-state index in [0.29, 0.717) is 19.5 Å². The first-order valence-corrected chi connectivity index (χ1v) is 11.7. The zero-order valence-corrected chi connectivity index (χ0v) is 18.1. The summed E-state index contributed by atoms with van der Waals surface area (Å²) in [6.45, 7) is 3.40. The number of nitrogens with zero attached hydrogens (tertiary/aromatic N) is 1. The molecular weight excluding hydrogens is 382 g/mol. The van der Waals surface area contributed by atoms with E-state index in [1.54, 1.807) is 11.3 Å². The number of aliphatic hydroxyl groups is 1. The number of carbonyl (C=O) groups excluding carboxylic acids is 1. The van der Waals surface area contributed by atoms with Gasteiger partial charge in [-0.3, -0.25) is 4.79 Å². The Morgan fingerprint density at radius 1 is 1.21 bits per heavy atom. The normalized spacial score (nSPS) is 18.8. The Kier molecular flexibility index (Phi) is 8.65. The highest BCUT2D eigenvalue weighted by molar-refractivity contribution is 7.15. The van der Waals surface area contributed by atoms with Gasteiger partial charge in [-0.05, 0) is 31.4 Å². The van der Waals surface area contributed by atoms with Crippen molar-refractivity contribution in [2.24, 2.45) is 0 Å². The van der Waals surface area contributed by atoms with Gasteiger partial charge in [-0.25, -0.2) is 4.98 Å². The summed E-state index contributed by atoms with van der Waals surface area (Å²) in [6.07, 6.45) is 11.1. The van der Waals surface area contributed by atoms with Crippen LogP contribution in [0.2, 0.25) is 0 Å². The third-order valence-electron chi connectivity index (χ3n) is 5.47. The summed E-state index contributed by atoms with van der Waals surface area (Å²) in [4.78, 5) is 18.1. The number of nitrogens with one attached hydrogen (secondary N) is 2. The van der Waals surface area contributed by atoms with E-state index in [0.717, 1.165) is 22.6 Å². The topological polar surface area (TPSA) is 74.2 Å². The second kappa shape index (κ2) is 11.4. The number of unbranched alkanes of at least 4 members (excludes halogenated alkanes) is 5. The molecule has 3 rings (SSSR count). The quantitative estimate of drug-likeness (QED) is 0.484. The van der Waals surface area contributed by atoms with Crippen LogP contribution in [-0.4, -0.2) is 34.7 Å². The van der Waals surface area contributed by atoms with Crippen LogP contribution in [0.5, 0.6) is 0 Å². The van der Waals surface area contributed by atoms with E-state index in [2.05, 4.69) is 34.7 Å². The largest absolute Gasteiger partial charge is 0.391 e. The molecule has 1 amide bonds. The summed E-state index contributed by atoms with van der Waals surface area (Å²) in [5.74, 6) is -0.140. The summed E-state index contributed by atoms with van der Waals surface area (Å²) in [6, 6.07) is 7.70. The van der Waals surface area contributed by atoms with E-state index in [-0.39, 0.29) is 5.91 Å². The molecule has 1 aromatic heterocycles. The van der Waals surface area contributed by atoms with E-state index in [1.165, 1.54) is 43.4 Å². The smallest absolute Gasteiger partial charge is 0.240 e. The number of rotatable bonds is 11. The monoisotopic (exact) mass is 415 g/mol. The predicted molar refractivity (Wildman–Crippen MR) is 119 cm³/mol. The number of aromatic nitrogens is 1. The van der Waals surface area contributed by atoms with Crippen LogP contribution in [0, 0.1) is 0 Å². The Hall–Kier alpha value is -1.76. The van der Waals surface area contributed by atoms with Crippen LogP contribution in [0.1, 0.15) is 62.3 Å². The highest BCUT2D eigenvalue weighted by atomic mass is 32.1. The molecule has 5 nitrogen and oxygen atoms in total. The summed E-state index contributed by atoms with van der Waals surface area (Å²) in [5.41, 5.74) is 2.16. The second-order valence-electron chi connectivity index (χ2n) is 7.85. The van der Waals surface area contributed by atoms with Gasteiger partial charge in [0.2, 0.25) is 5.91 Å². The third-order valence-corrected chi connectivity index (χ3v) is 6.58. The highest BCUT2D eigenvalue weighted by Crippen LogP contribution is 2.26. The molecule has 0 spiro atoms. The van der Waals surface area contributed by atoms with Gasteiger partial charge in [0, 0.05) is 23.2 Å². The molecule has 1 aliphatic heterocycles. The van der Waals surface area contributed by atoms with Gasteiger partial charge < -0.3 is 15.7 Å². The van der Waals surface area contributed by atoms with Crippen LogP contribution >= 0.6 is 11.3 Å². The van der Waals surface area contributed by atoms with Crippen molar-refractivity contribution < 1.29 is 9.90 Å². The average Bonchev–Trinajstić information content (AvgIpc) is 3.38. The maximum atomic E-state index is 12.1. The van der Waals surface area contributed by atoms with Crippen molar-refractivity contribution in [3.63, 3.8) is 0 Å². The molecule has 0 aliphatic carbocycles. The number of benzene rings is 1. The van der Waals surface area contributed by atoms with Crippen LogP contribution < -0.4 is 10.6 Å². The summed E-state index contributed by atoms with van der Waals surface area (Å²) in [7, 11) is 0. The van der Waals surface area contributed by atoms with E-state index in [9.17, 15) is 9.90 Å². The first-order chi connectivity index (χ1) is 14.2. The number of carbonyl (C=O) groups is 1. The molecule has 1 fully saturated rings. The van der Waals surface area contributed by atoms with E-state index in [4.69, 9.17) is 0 Å². The Labute approximate surface area is 178 Å². The van der Waals surface area contributed by atoms with Gasteiger partial charge in [-0.1, -0.05) is 63.3 Å². The molecule has 2 atom stereocenters. The van der Waals surface area contributed by atoms with Crippen molar-refractivity contribution >= 4 is 17.2 Å². The Morgan fingerprint density at radius 2 is 1.97 bits per heavy atom. The molecule has 29 heavy (non-hydrogen) atoms. The SMILES string of the molecule is CCCCCCCCc1cnc(-c2ccc(CNC(=O)[C@H]3NCC[C@@H]3O)cc2)s1. The molecule has 0 unspecified atom stereocenters. The minimum absolute atomic E-state index is 0.140. The van der Waals surface area contributed by atoms with Crippen LogP contribution in [0.25, 0.3) is 10.6 Å². The molecule has 2 heterocycles. The number of thiazole rings is 1. The Bertz CT molecular complexity index is 760. The zero-order valence-electron chi connectivity index (χ0n) is 17.3. The van der Waals surface area contributed by atoms with Gasteiger partial charge in [0.05, 0.1) is 6.10 Å². The number of hydrogen-bond donors (Lipinski definition) is 3. The molecule has 1 aliphatic rings. The summed E-state index contributed by atoms with van der Waals surface area (Å²) in [5, 5.41) is 16.8. The molecule has 1 aromatic carbocycles. The van der Waals surface area contributed by atoms with Crippen molar-refractivity contribution in [1.29, 1.82) is 0 Å². The number of hydrogen-bond acceptors (Lipinski definition) is 5. The fraction of sp³-hybridized carbons (Fsp3) is 0.565. The zero-order chi connectivity index (χ0) is 20.5. The minimum atomic E-state index is -0.590. The molecule has 1 saturated heterocycles. The lowest BCUT2D eigenvalue weighted by atomic mass is 10.1. The predicted octanol–water partition coefficient (Wildman–Crippen LogP) is 4.05. The van der Waals surface area contributed by atoms with E-state index < -0.39 is 12.1 Å². The first kappa shape index (κ1) is 21.9. The van der Waals surface area contributed by atoms with E-state index in [1.807, 2.05) is 18.3 Å². The fourth-order valence-electron chi connectivity index (χ4n) is 3.66. The molecule has 0 saturated carbocycles. The van der Waals surface area contributed by atoms with Gasteiger partial charge in [0.1, 0.15) is 11.0 Å². The molecular formula is C23H33N3O2S. The van der Waals surface area contributed by atoms with Crippen molar-refractivity contribution in [2.75, 3.05) is 6.54 Å². The standard InChI is InChI=1S/C23H33N3O2S/c1-2-3-4-5-6-7-8-19-16-26-23(29-19)18-11-9-17(10-12-18)15-25-22(28)21-20(27)13-14-24-21/h9-12,16,20-21,24,27H,2-8,13-15H2,1H3,(H,25,28)/t20-,21-/m0/s1. The van der Waals surface area contributed by atoms with E-state index >= 15 is 0 Å². The third kappa shape index (κ3) is 6.63. The molecule has 0 bridgehead atoms. The van der Waals surface area contributed by atoms with Crippen LogP contribution in [0.4, 0.5) is 0 Å². The van der Waals surface area contributed by atoms with Gasteiger partial charge in [-0.15, -0.1) is 11.3 Å². The summed E-state index contributed by atoms with van der Waals surface area (Å²) < 4.78 is 0. The second-order valence-corrected chi connectivity index (χ2v) is 8.97. The maximum absolute atomic E-state index is 12.1. The van der Waals surface area contributed by atoms with Gasteiger partial charge in [0.25, 0.3) is 0 Å². The summed E-state index contributed by atoms with van der Waals surface area (Å²) >= 11 is 1.78. The van der Waals surface area contributed by atoms with Crippen LogP contribution in [-0.2, 0) is 17.8 Å². The molecule has 6 heteroatoms. The fourth-order valence-corrected chi connectivity index (χ4v) is 4.62. The van der Waals surface area contributed by atoms with Crippen LogP contribution in [0.15, 0.2) is 30.5 Å². The minimum Gasteiger partial charge on any atom is -0.391 e. The van der Waals surface area contributed by atoms with Crippen molar-refractivity contribution in [3.8, 4) is 10.6 Å². The Morgan fingerprint density at radius 3 is 2.69 bits per heavy atom. The molecule has 0 radical (unpaired) electrons. The molecule has 158 valence electrons. The van der Waals surface area contributed by atoms with Crippen LogP contribution in [0.3, 0.4) is 0 Å². The molecule has 2 aromatic rings. The maximum Gasteiger partial charge on any atom is 0.240 e. The Balaban J connectivity index is 1.44. The van der Waals surface area contributed by atoms with Gasteiger partial charge in [-0.2, -0.15) is 0 Å². The average molecular weight is 416 g/mol. The van der Waals surface area contributed by atoms with Gasteiger partial charge in [0.15, 0.2) is 0 Å². The lowest BCUT2D eigenvalue weighted by Crippen LogP contribution is -2.45. The van der Waals surface area contributed by atoms with Crippen molar-refractivity contribution in [1.82, 2.24) is 15.6 Å². The number of amides is 1. The molecule has 3 N–H and O–H groups in total. The first-order valence-electron chi connectivity index (χ1n) is 10.9. The highest BCUT2D eigenvalue weighted by Gasteiger charge is 2.30. The number of aryl methyl sites for hydroxylation is 1. The number of aliphatic hydroxyl groups excluding tert-OH is 1. The lowest BCUT2D eigenvalue weighted by Gasteiger charge is -2.14. The lowest BCUT2D eigenvalue weighted by molar-refractivity contribution is -0.124.